The lowest BCUT2D eigenvalue weighted by molar-refractivity contribution is 0.122. The van der Waals surface area contributed by atoms with Gasteiger partial charge in [0.1, 0.15) is 17.3 Å². The fraction of sp³-hybridized carbons (Fsp3) is 0.344. The van der Waals surface area contributed by atoms with Crippen LogP contribution in [0.5, 0.6) is 11.5 Å². The Hall–Kier alpha value is -4.42. The number of urea groups is 2. The molecule has 0 saturated carbocycles. The minimum absolute atomic E-state index is 0.0224. The Kier molecular flexibility index (Phi) is 11.7. The van der Waals surface area contributed by atoms with Gasteiger partial charge in [-0.05, 0) is 78.6 Å². The number of hydrogen-bond acceptors (Lipinski definition) is 7. The van der Waals surface area contributed by atoms with Crippen LogP contribution in [0.4, 0.5) is 9.59 Å². The van der Waals surface area contributed by atoms with Gasteiger partial charge in [0, 0.05) is 48.8 Å². The maximum Gasteiger partial charge on any atom is 0.335 e. The van der Waals surface area contributed by atoms with Gasteiger partial charge in [-0.25, -0.2) is 14.6 Å². The molecule has 3 aromatic carbocycles. The average Bonchev–Trinajstić information content (AvgIpc) is 3.06. The number of nitrogens with zero attached hydrogens (tertiary/aromatic N) is 2. The molecule has 0 unspecified atom stereocenters. The van der Waals surface area contributed by atoms with Gasteiger partial charge in [-0.15, -0.1) is 0 Å². The molecular weight excluding hydrogens is 578 g/mol. The van der Waals surface area contributed by atoms with Crippen LogP contribution < -0.4 is 30.7 Å². The van der Waals surface area contributed by atoms with Crippen LogP contribution in [-0.4, -0.2) is 68.7 Å². The first-order chi connectivity index (χ1) is 21.3. The second kappa shape index (κ2) is 15.9. The van der Waals surface area contributed by atoms with Crippen molar-refractivity contribution in [2.45, 2.75) is 30.7 Å². The van der Waals surface area contributed by atoms with E-state index in [0.29, 0.717) is 42.6 Å². The number of rotatable bonds is 12. The third-order valence-corrected chi connectivity index (χ3v) is 8.39. The van der Waals surface area contributed by atoms with Crippen LogP contribution in [0, 0.1) is 11.3 Å². The van der Waals surface area contributed by atoms with E-state index in [0.717, 1.165) is 40.8 Å². The van der Waals surface area contributed by atoms with Crippen molar-refractivity contribution in [2.75, 3.05) is 40.9 Å². The number of nitrogens with one attached hydrogen (secondary N) is 4. The lowest BCUT2D eigenvalue weighted by Gasteiger charge is -2.35. The zero-order chi connectivity index (χ0) is 31.5. The lowest BCUT2D eigenvalue weighted by Crippen LogP contribution is -2.50. The molecule has 234 valence electrons. The SMILES string of the molecule is CNC(=O)NCCC1CCN(C(=O)N(Cc2cccc(C(=N)N)c2)NSc2cccc(-c3ccc(OC)cc3OC)c2)CC1. The van der Waals surface area contributed by atoms with Crippen molar-refractivity contribution in [1.82, 2.24) is 25.4 Å². The summed E-state index contributed by atoms with van der Waals surface area (Å²) in [6, 6.07) is 20.8. The number of amidine groups is 1. The van der Waals surface area contributed by atoms with E-state index < -0.39 is 0 Å². The number of methoxy groups -OCH3 is 2. The Morgan fingerprint density at radius 1 is 1.05 bits per heavy atom. The van der Waals surface area contributed by atoms with E-state index in [9.17, 15) is 9.59 Å². The number of carbonyl (C=O) groups excluding carboxylic acids is 2. The Balaban J connectivity index is 1.47. The van der Waals surface area contributed by atoms with Gasteiger partial charge in [0.15, 0.2) is 0 Å². The van der Waals surface area contributed by atoms with E-state index in [1.165, 1.54) is 11.9 Å². The number of piperidine rings is 1. The molecule has 0 radical (unpaired) electrons. The van der Waals surface area contributed by atoms with Crippen LogP contribution >= 0.6 is 11.9 Å². The van der Waals surface area contributed by atoms with E-state index in [2.05, 4.69) is 15.5 Å². The zero-order valence-electron chi connectivity index (χ0n) is 25.4. The highest BCUT2D eigenvalue weighted by Crippen LogP contribution is 2.35. The van der Waals surface area contributed by atoms with Crippen molar-refractivity contribution in [3.63, 3.8) is 0 Å². The molecule has 0 bridgehead atoms. The smallest absolute Gasteiger partial charge is 0.335 e. The molecule has 0 aliphatic carbocycles. The first kappa shape index (κ1) is 32.5. The molecule has 1 saturated heterocycles. The summed E-state index contributed by atoms with van der Waals surface area (Å²) in [6.07, 6.45) is 2.61. The van der Waals surface area contributed by atoms with Gasteiger partial charge < -0.3 is 30.7 Å². The summed E-state index contributed by atoms with van der Waals surface area (Å²) in [5, 5.41) is 14.8. The summed E-state index contributed by atoms with van der Waals surface area (Å²) in [5.41, 5.74) is 9.08. The van der Waals surface area contributed by atoms with Crippen LogP contribution in [0.15, 0.2) is 71.6 Å². The number of likely N-dealkylation sites (tertiary alicyclic amines) is 1. The van der Waals surface area contributed by atoms with Crippen LogP contribution in [0.25, 0.3) is 11.1 Å². The average molecular weight is 620 g/mol. The van der Waals surface area contributed by atoms with Gasteiger partial charge >= 0.3 is 12.1 Å². The zero-order valence-corrected chi connectivity index (χ0v) is 26.2. The maximum atomic E-state index is 13.8. The molecular formula is C32H41N7O4S. The fourth-order valence-electron chi connectivity index (χ4n) is 5.09. The van der Waals surface area contributed by atoms with Gasteiger partial charge in [-0.2, -0.15) is 4.83 Å². The largest absolute Gasteiger partial charge is 0.497 e. The molecule has 3 aromatic rings. The van der Waals surface area contributed by atoms with Gasteiger partial charge in [0.2, 0.25) is 0 Å². The van der Waals surface area contributed by atoms with E-state index in [1.54, 1.807) is 32.3 Å². The summed E-state index contributed by atoms with van der Waals surface area (Å²) >= 11 is 1.35. The highest BCUT2D eigenvalue weighted by molar-refractivity contribution is 7.97. The van der Waals surface area contributed by atoms with Crippen molar-refractivity contribution in [1.29, 1.82) is 5.41 Å². The number of nitrogen functional groups attached to an aromatic ring is 1. The number of carbonyl (C=O) groups is 2. The van der Waals surface area contributed by atoms with Crippen molar-refractivity contribution in [3.05, 3.63) is 77.9 Å². The predicted octanol–water partition coefficient (Wildman–Crippen LogP) is 4.82. The van der Waals surface area contributed by atoms with Gasteiger partial charge in [-0.1, -0.05) is 30.3 Å². The van der Waals surface area contributed by atoms with Crippen molar-refractivity contribution >= 4 is 29.8 Å². The summed E-state index contributed by atoms with van der Waals surface area (Å²) in [7, 11) is 4.85. The molecule has 1 aliphatic rings. The van der Waals surface area contributed by atoms with Crippen LogP contribution in [0.2, 0.25) is 0 Å². The molecule has 4 amide bonds. The number of hydrazine groups is 1. The first-order valence-corrected chi connectivity index (χ1v) is 15.3. The quantitative estimate of drug-likeness (QED) is 0.0846. The minimum Gasteiger partial charge on any atom is -0.497 e. The molecule has 0 spiro atoms. The summed E-state index contributed by atoms with van der Waals surface area (Å²) in [6.45, 7) is 2.16. The molecule has 44 heavy (non-hydrogen) atoms. The topological polar surface area (TPSA) is 145 Å². The molecule has 11 nitrogen and oxygen atoms in total. The third-order valence-electron chi connectivity index (χ3n) is 7.59. The van der Waals surface area contributed by atoms with Crippen LogP contribution in [-0.2, 0) is 6.54 Å². The molecule has 0 aromatic heterocycles. The first-order valence-electron chi connectivity index (χ1n) is 14.5. The van der Waals surface area contributed by atoms with Crippen LogP contribution in [0.3, 0.4) is 0 Å². The summed E-state index contributed by atoms with van der Waals surface area (Å²) < 4.78 is 11.0. The normalized spacial score (nSPS) is 13.2. The van der Waals surface area contributed by atoms with Gasteiger partial charge in [-0.3, -0.25) is 5.41 Å². The van der Waals surface area contributed by atoms with E-state index in [4.69, 9.17) is 20.6 Å². The second-order valence-corrected chi connectivity index (χ2v) is 11.4. The highest BCUT2D eigenvalue weighted by Gasteiger charge is 2.27. The summed E-state index contributed by atoms with van der Waals surface area (Å²) in [4.78, 5) is 31.4. The standard InChI is InChI=1S/C32H41N7O4S/c1-35-31(40)36-15-12-22-13-16-38(17-14-22)32(41)39(21-23-6-4-8-25(18-23)30(33)34)37-44-27-9-5-7-24(19-27)28-11-10-26(42-2)20-29(28)43-3/h4-11,18-20,22,37H,12-17,21H2,1-3H3,(H3,33,34)(H2,35,36,40). The monoisotopic (exact) mass is 619 g/mol. The number of benzene rings is 3. The number of nitrogens with two attached hydrogens (primary N) is 1. The van der Waals surface area contributed by atoms with Crippen molar-refractivity contribution < 1.29 is 19.1 Å². The van der Waals surface area contributed by atoms with E-state index in [-0.39, 0.29) is 24.4 Å². The summed E-state index contributed by atoms with van der Waals surface area (Å²) in [5.74, 6) is 1.84. The molecule has 0 atom stereocenters. The highest BCUT2D eigenvalue weighted by atomic mass is 32.2. The number of amides is 4. The Morgan fingerprint density at radius 2 is 1.82 bits per heavy atom. The van der Waals surface area contributed by atoms with E-state index >= 15 is 0 Å². The Labute approximate surface area is 263 Å². The molecule has 1 fully saturated rings. The van der Waals surface area contributed by atoms with E-state index in [1.807, 2.05) is 65.6 Å². The second-order valence-electron chi connectivity index (χ2n) is 10.5. The van der Waals surface area contributed by atoms with Gasteiger partial charge in [0.05, 0.1) is 20.8 Å². The minimum atomic E-state index is -0.181. The Morgan fingerprint density at radius 3 is 2.52 bits per heavy atom. The number of hydrogen-bond donors (Lipinski definition) is 5. The maximum absolute atomic E-state index is 13.8. The fourth-order valence-corrected chi connectivity index (χ4v) is 5.78. The predicted molar refractivity (Wildman–Crippen MR) is 174 cm³/mol. The molecule has 1 heterocycles. The molecule has 6 N–H and O–H groups in total. The third kappa shape index (κ3) is 8.80. The molecule has 12 heteroatoms. The van der Waals surface area contributed by atoms with Gasteiger partial charge in [0.25, 0.3) is 0 Å². The Bertz CT molecular complexity index is 1450. The molecule has 1 aliphatic heterocycles. The number of ether oxygens (including phenoxy) is 2. The lowest BCUT2D eigenvalue weighted by atomic mass is 9.94. The van der Waals surface area contributed by atoms with Crippen molar-refractivity contribution in [3.8, 4) is 22.6 Å². The van der Waals surface area contributed by atoms with Crippen molar-refractivity contribution in [2.24, 2.45) is 11.7 Å². The molecule has 4 rings (SSSR count). The van der Waals surface area contributed by atoms with Crippen LogP contribution in [0.1, 0.15) is 30.4 Å².